The highest BCUT2D eigenvalue weighted by Gasteiger charge is 2.31. The van der Waals surface area contributed by atoms with Crippen LogP contribution >= 0.6 is 0 Å². The van der Waals surface area contributed by atoms with Crippen molar-refractivity contribution < 1.29 is 27.8 Å². The van der Waals surface area contributed by atoms with E-state index < -0.39 is 23.7 Å². The van der Waals surface area contributed by atoms with Gasteiger partial charge in [-0.2, -0.15) is 28.4 Å². The lowest BCUT2D eigenvalue weighted by molar-refractivity contribution is -0.137. The molecule has 0 saturated heterocycles. The Labute approximate surface area is 198 Å². The molecule has 1 heterocycles. The van der Waals surface area contributed by atoms with Crippen LogP contribution in [0.15, 0.2) is 48.5 Å². The Balaban J connectivity index is 1.95. The third kappa shape index (κ3) is 6.50. The number of benzene rings is 2. The smallest absolute Gasteiger partial charge is 0.416 e. The van der Waals surface area contributed by atoms with Crippen LogP contribution in [0.1, 0.15) is 23.6 Å². The summed E-state index contributed by atoms with van der Waals surface area (Å²) in [6, 6.07) is 11.0. The Morgan fingerprint density at radius 1 is 1.23 bits per heavy atom. The number of rotatable bonds is 8. The number of halogens is 3. The Hall–Kier alpha value is -4.53. The van der Waals surface area contributed by atoms with Gasteiger partial charge in [-0.15, -0.1) is 0 Å². The number of aromatic nitrogens is 2. The molecule has 0 aliphatic rings. The van der Waals surface area contributed by atoms with Crippen molar-refractivity contribution in [3.63, 3.8) is 0 Å². The highest BCUT2D eigenvalue weighted by Crippen LogP contribution is 2.31. The minimum atomic E-state index is -4.58. The predicted octanol–water partition coefficient (Wildman–Crippen LogP) is 3.72. The molecule has 0 fully saturated rings. The first kappa shape index (κ1) is 25.1. The molecule has 0 unspecified atom stereocenters. The maximum atomic E-state index is 13.2. The van der Waals surface area contributed by atoms with Gasteiger partial charge >= 0.3 is 6.18 Å². The molecule has 0 saturated carbocycles. The molecule has 0 aliphatic carbocycles. The van der Waals surface area contributed by atoms with E-state index >= 15 is 0 Å². The zero-order valence-corrected chi connectivity index (χ0v) is 18.4. The molecule has 0 aliphatic heterocycles. The SMILES string of the molecule is CCOc1nc(N)nc(N[C@@H](Cc2ccc(O)cc2)C(=O)Nc2cccc(C(F)(F)F)c2)c1C#N. The molecule has 182 valence electrons. The third-order valence-corrected chi connectivity index (χ3v) is 4.75. The summed E-state index contributed by atoms with van der Waals surface area (Å²) in [5, 5.41) is 24.4. The number of nitrogen functional groups attached to an aromatic ring is 1. The summed E-state index contributed by atoms with van der Waals surface area (Å²) in [5.74, 6) is -1.05. The number of phenols is 1. The van der Waals surface area contributed by atoms with E-state index in [1.165, 1.54) is 24.3 Å². The molecule has 1 aromatic heterocycles. The number of ether oxygens (including phenoxy) is 1. The van der Waals surface area contributed by atoms with Crippen LogP contribution in [0.5, 0.6) is 11.6 Å². The van der Waals surface area contributed by atoms with E-state index in [0.29, 0.717) is 5.56 Å². The number of phenolic OH excluding ortho intramolecular Hbond substituents is 1. The van der Waals surface area contributed by atoms with Crippen LogP contribution in [0.4, 0.5) is 30.6 Å². The van der Waals surface area contributed by atoms with Crippen molar-refractivity contribution in [2.75, 3.05) is 23.0 Å². The third-order valence-electron chi connectivity index (χ3n) is 4.75. The lowest BCUT2D eigenvalue weighted by Gasteiger charge is -2.21. The number of amides is 1. The van der Waals surface area contributed by atoms with Crippen LogP contribution in [0, 0.1) is 11.3 Å². The molecular formula is C23H21F3N6O3. The van der Waals surface area contributed by atoms with Gasteiger partial charge < -0.3 is 26.2 Å². The quantitative estimate of drug-likeness (QED) is 0.377. The van der Waals surface area contributed by atoms with E-state index in [-0.39, 0.29) is 47.7 Å². The Bertz CT molecular complexity index is 1240. The molecule has 3 rings (SSSR count). The largest absolute Gasteiger partial charge is 0.508 e. The highest BCUT2D eigenvalue weighted by atomic mass is 19.4. The van der Waals surface area contributed by atoms with Gasteiger partial charge in [-0.3, -0.25) is 4.79 Å². The van der Waals surface area contributed by atoms with Crippen molar-refractivity contribution in [1.82, 2.24) is 9.97 Å². The molecule has 12 heteroatoms. The van der Waals surface area contributed by atoms with Crippen LogP contribution in [-0.2, 0) is 17.4 Å². The van der Waals surface area contributed by atoms with Crippen LogP contribution in [-0.4, -0.2) is 33.6 Å². The minimum absolute atomic E-state index is 0.0170. The van der Waals surface area contributed by atoms with E-state index in [2.05, 4.69) is 20.6 Å². The normalized spacial score (nSPS) is 11.9. The second kappa shape index (κ2) is 10.6. The Kier molecular flexibility index (Phi) is 7.60. The molecule has 1 atom stereocenters. The molecule has 3 aromatic rings. The molecule has 9 nitrogen and oxygen atoms in total. The summed E-state index contributed by atoms with van der Waals surface area (Å²) in [7, 11) is 0. The van der Waals surface area contributed by atoms with E-state index in [1.54, 1.807) is 19.1 Å². The number of carbonyl (C=O) groups excluding carboxylic acids is 1. The van der Waals surface area contributed by atoms with Crippen LogP contribution in [0.25, 0.3) is 0 Å². The van der Waals surface area contributed by atoms with Gasteiger partial charge in [0.1, 0.15) is 17.9 Å². The first-order valence-electron chi connectivity index (χ1n) is 10.3. The summed E-state index contributed by atoms with van der Waals surface area (Å²) in [4.78, 5) is 21.0. The van der Waals surface area contributed by atoms with Gasteiger partial charge in [-0.1, -0.05) is 18.2 Å². The number of nitrogens with one attached hydrogen (secondary N) is 2. The molecular weight excluding hydrogens is 465 g/mol. The number of carbonyl (C=O) groups is 1. The second-order valence-corrected chi connectivity index (χ2v) is 7.29. The summed E-state index contributed by atoms with van der Waals surface area (Å²) >= 11 is 0. The summed E-state index contributed by atoms with van der Waals surface area (Å²) in [6.45, 7) is 1.88. The summed E-state index contributed by atoms with van der Waals surface area (Å²) < 4.78 is 44.6. The molecule has 1 amide bonds. The average molecular weight is 486 g/mol. The van der Waals surface area contributed by atoms with Gasteiger partial charge in [-0.25, -0.2) is 0 Å². The number of alkyl halides is 3. The molecule has 0 bridgehead atoms. The Morgan fingerprint density at radius 3 is 2.57 bits per heavy atom. The topological polar surface area (TPSA) is 146 Å². The van der Waals surface area contributed by atoms with Crippen molar-refractivity contribution in [2.24, 2.45) is 0 Å². The number of hydrogen-bond donors (Lipinski definition) is 4. The van der Waals surface area contributed by atoms with Gasteiger partial charge in [0.05, 0.1) is 12.2 Å². The van der Waals surface area contributed by atoms with E-state index in [1.807, 2.05) is 6.07 Å². The van der Waals surface area contributed by atoms with Crippen molar-refractivity contribution in [3.05, 3.63) is 65.2 Å². The van der Waals surface area contributed by atoms with E-state index in [0.717, 1.165) is 12.1 Å². The van der Waals surface area contributed by atoms with Crippen LogP contribution < -0.4 is 21.1 Å². The van der Waals surface area contributed by atoms with Gasteiger partial charge in [0, 0.05) is 12.1 Å². The highest BCUT2D eigenvalue weighted by molar-refractivity contribution is 5.97. The minimum Gasteiger partial charge on any atom is -0.508 e. The monoisotopic (exact) mass is 486 g/mol. The first-order valence-corrected chi connectivity index (χ1v) is 10.3. The zero-order valence-electron chi connectivity index (χ0n) is 18.4. The number of aromatic hydroxyl groups is 1. The number of anilines is 3. The van der Waals surface area contributed by atoms with Crippen LogP contribution in [0.2, 0.25) is 0 Å². The molecule has 35 heavy (non-hydrogen) atoms. The van der Waals surface area contributed by atoms with E-state index in [9.17, 15) is 28.3 Å². The molecule has 5 N–H and O–H groups in total. The van der Waals surface area contributed by atoms with Crippen molar-refractivity contribution >= 4 is 23.4 Å². The fourth-order valence-electron chi connectivity index (χ4n) is 3.15. The van der Waals surface area contributed by atoms with Crippen LogP contribution in [0.3, 0.4) is 0 Å². The summed E-state index contributed by atoms with van der Waals surface area (Å²) in [5.41, 5.74) is 5.26. The van der Waals surface area contributed by atoms with Gasteiger partial charge in [0.25, 0.3) is 0 Å². The molecule has 0 spiro atoms. The first-order chi connectivity index (χ1) is 16.6. The number of nitriles is 1. The second-order valence-electron chi connectivity index (χ2n) is 7.29. The van der Waals surface area contributed by atoms with Crippen molar-refractivity contribution in [3.8, 4) is 17.7 Å². The lowest BCUT2D eigenvalue weighted by Crippen LogP contribution is -2.37. The Morgan fingerprint density at radius 2 is 1.94 bits per heavy atom. The predicted molar refractivity (Wildman–Crippen MR) is 122 cm³/mol. The molecule has 2 aromatic carbocycles. The van der Waals surface area contributed by atoms with Gasteiger partial charge in [-0.05, 0) is 42.8 Å². The number of nitrogens with zero attached hydrogens (tertiary/aromatic N) is 3. The zero-order chi connectivity index (χ0) is 25.6. The van der Waals surface area contributed by atoms with Crippen molar-refractivity contribution in [2.45, 2.75) is 25.6 Å². The van der Waals surface area contributed by atoms with Gasteiger partial charge in [0.2, 0.25) is 17.7 Å². The fourth-order valence-corrected chi connectivity index (χ4v) is 3.15. The van der Waals surface area contributed by atoms with E-state index in [4.69, 9.17) is 10.5 Å². The number of nitrogens with two attached hydrogens (primary N) is 1. The van der Waals surface area contributed by atoms with Gasteiger partial charge in [0.15, 0.2) is 11.4 Å². The lowest BCUT2D eigenvalue weighted by atomic mass is 10.0. The van der Waals surface area contributed by atoms with Crippen molar-refractivity contribution in [1.29, 1.82) is 5.26 Å². The standard InChI is InChI=1S/C23H21F3N6O3/c1-2-35-21-17(12-27)19(31-22(28)32-21)30-18(10-13-6-8-16(33)9-7-13)20(34)29-15-5-3-4-14(11-15)23(24,25)26/h3-9,11,18,33H,2,10H2,1H3,(H,29,34)(H3,28,30,31,32)/t18-/m0/s1. The summed E-state index contributed by atoms with van der Waals surface area (Å²) in [6.07, 6.45) is -4.55. The molecule has 0 radical (unpaired) electrons. The maximum Gasteiger partial charge on any atom is 0.416 e. The maximum absolute atomic E-state index is 13.2. The fraction of sp³-hybridized carbons (Fsp3) is 0.217. The average Bonchev–Trinajstić information content (AvgIpc) is 2.80. The number of hydrogen-bond acceptors (Lipinski definition) is 8.